The third kappa shape index (κ3) is 5.69. The van der Waals surface area contributed by atoms with Crippen LogP contribution in [0.25, 0.3) is 0 Å². The van der Waals surface area contributed by atoms with E-state index in [9.17, 15) is 9.59 Å². The van der Waals surface area contributed by atoms with Crippen LogP contribution in [0, 0.1) is 0 Å². The van der Waals surface area contributed by atoms with Gasteiger partial charge in [0.15, 0.2) is 5.69 Å². The number of aromatic nitrogens is 2. The first-order valence-electron chi connectivity index (χ1n) is 10.4. The van der Waals surface area contributed by atoms with Crippen molar-refractivity contribution in [3.63, 3.8) is 0 Å². The molecule has 2 aromatic rings. The summed E-state index contributed by atoms with van der Waals surface area (Å²) in [7, 11) is 0. The summed E-state index contributed by atoms with van der Waals surface area (Å²) in [5, 5.41) is 2.79. The van der Waals surface area contributed by atoms with Gasteiger partial charge in [-0.15, -0.1) is 0 Å². The first-order chi connectivity index (χ1) is 14.1. The number of carbonyl (C=O) groups is 2. The van der Waals surface area contributed by atoms with Gasteiger partial charge in [0, 0.05) is 38.0 Å². The van der Waals surface area contributed by atoms with Crippen LogP contribution in [-0.4, -0.2) is 52.1 Å². The number of rotatable bonds is 10. The molecule has 8 heteroatoms. The van der Waals surface area contributed by atoms with E-state index in [0.717, 1.165) is 31.6 Å². The Morgan fingerprint density at radius 1 is 1.38 bits per heavy atom. The molecule has 1 aliphatic heterocycles. The van der Waals surface area contributed by atoms with Crippen LogP contribution in [0.4, 0.5) is 0 Å². The summed E-state index contributed by atoms with van der Waals surface area (Å²) in [6, 6.07) is 3.93. The van der Waals surface area contributed by atoms with Crippen LogP contribution >= 0.6 is 0 Å². The second-order valence-electron chi connectivity index (χ2n) is 7.27. The van der Waals surface area contributed by atoms with Gasteiger partial charge >= 0.3 is 0 Å². The number of oxazole rings is 1. The second-order valence-corrected chi connectivity index (χ2v) is 7.27. The maximum absolute atomic E-state index is 12.4. The van der Waals surface area contributed by atoms with E-state index in [-0.39, 0.29) is 23.6 Å². The van der Waals surface area contributed by atoms with Crippen LogP contribution in [0.15, 0.2) is 29.0 Å². The Morgan fingerprint density at radius 2 is 2.24 bits per heavy atom. The van der Waals surface area contributed by atoms with E-state index < -0.39 is 0 Å². The predicted octanol–water partition coefficient (Wildman–Crippen LogP) is 2.58. The lowest BCUT2D eigenvalue weighted by molar-refractivity contribution is -0.133. The predicted molar refractivity (Wildman–Crippen MR) is 107 cm³/mol. The lowest BCUT2D eigenvalue weighted by Crippen LogP contribution is -2.37. The molecule has 1 unspecified atom stereocenters. The van der Waals surface area contributed by atoms with E-state index in [4.69, 9.17) is 9.15 Å². The SMILES string of the molecule is CCCNC(=O)c1coc(Cn2cccc2CN(CC2CCCO2)C(=O)CC)n1. The third-order valence-corrected chi connectivity index (χ3v) is 5.01. The second kappa shape index (κ2) is 10.2. The van der Waals surface area contributed by atoms with Crippen LogP contribution in [-0.2, 0) is 22.6 Å². The number of hydrogen-bond acceptors (Lipinski definition) is 5. The average Bonchev–Trinajstić information content (AvgIpc) is 3.48. The number of ether oxygens (including phenoxy) is 1. The maximum atomic E-state index is 12.4. The van der Waals surface area contributed by atoms with Crippen LogP contribution in [0.2, 0.25) is 0 Å². The van der Waals surface area contributed by atoms with Gasteiger partial charge in [0.2, 0.25) is 11.8 Å². The lowest BCUT2D eigenvalue weighted by Gasteiger charge is -2.25. The molecule has 1 N–H and O–H groups in total. The fraction of sp³-hybridized carbons (Fsp3) is 0.571. The molecule has 0 bridgehead atoms. The highest BCUT2D eigenvalue weighted by molar-refractivity contribution is 5.91. The van der Waals surface area contributed by atoms with Gasteiger partial charge in [-0.25, -0.2) is 4.98 Å². The van der Waals surface area contributed by atoms with Crippen LogP contribution in [0.5, 0.6) is 0 Å². The van der Waals surface area contributed by atoms with Crippen molar-refractivity contribution in [2.24, 2.45) is 0 Å². The maximum Gasteiger partial charge on any atom is 0.273 e. The molecule has 2 amide bonds. The molecule has 0 aromatic carbocycles. The van der Waals surface area contributed by atoms with Crippen molar-refractivity contribution in [1.82, 2.24) is 19.8 Å². The molecule has 158 valence electrons. The van der Waals surface area contributed by atoms with Crippen LogP contribution < -0.4 is 5.32 Å². The largest absolute Gasteiger partial charge is 0.446 e. The lowest BCUT2D eigenvalue weighted by atomic mass is 10.2. The van der Waals surface area contributed by atoms with Gasteiger partial charge in [-0.3, -0.25) is 9.59 Å². The highest BCUT2D eigenvalue weighted by Crippen LogP contribution is 2.17. The molecule has 0 saturated carbocycles. The van der Waals surface area contributed by atoms with Crippen molar-refractivity contribution in [2.75, 3.05) is 19.7 Å². The monoisotopic (exact) mass is 402 g/mol. The van der Waals surface area contributed by atoms with Gasteiger partial charge < -0.3 is 23.9 Å². The fourth-order valence-electron chi connectivity index (χ4n) is 3.42. The summed E-state index contributed by atoms with van der Waals surface area (Å²) in [6.45, 7) is 6.76. The summed E-state index contributed by atoms with van der Waals surface area (Å²) in [6.07, 6.45) is 6.79. The molecular formula is C21H30N4O4. The molecule has 29 heavy (non-hydrogen) atoms. The minimum atomic E-state index is -0.231. The number of nitrogens with one attached hydrogen (secondary N) is 1. The van der Waals surface area contributed by atoms with Crippen LogP contribution in [0.1, 0.15) is 61.6 Å². The number of carbonyl (C=O) groups excluding carboxylic acids is 2. The third-order valence-electron chi connectivity index (χ3n) is 5.01. The summed E-state index contributed by atoms with van der Waals surface area (Å²) in [4.78, 5) is 30.6. The smallest absolute Gasteiger partial charge is 0.273 e. The molecule has 2 aromatic heterocycles. The zero-order valence-electron chi connectivity index (χ0n) is 17.2. The topological polar surface area (TPSA) is 89.6 Å². The summed E-state index contributed by atoms with van der Waals surface area (Å²) in [5.41, 5.74) is 1.27. The van der Waals surface area contributed by atoms with Gasteiger partial charge in [0.05, 0.1) is 19.2 Å². The Labute approximate surface area is 171 Å². The van der Waals surface area contributed by atoms with Crippen molar-refractivity contribution in [3.05, 3.63) is 41.9 Å². The van der Waals surface area contributed by atoms with Crippen molar-refractivity contribution in [2.45, 2.75) is 58.7 Å². The average molecular weight is 402 g/mol. The first-order valence-corrected chi connectivity index (χ1v) is 10.4. The molecule has 0 radical (unpaired) electrons. The minimum absolute atomic E-state index is 0.110. The number of nitrogens with zero attached hydrogens (tertiary/aromatic N) is 3. The Hall–Kier alpha value is -2.61. The van der Waals surface area contributed by atoms with E-state index in [1.165, 1.54) is 6.26 Å². The molecule has 8 nitrogen and oxygen atoms in total. The highest BCUT2D eigenvalue weighted by atomic mass is 16.5. The molecule has 0 aliphatic carbocycles. The molecule has 0 spiro atoms. The minimum Gasteiger partial charge on any atom is -0.446 e. The fourth-order valence-corrected chi connectivity index (χ4v) is 3.42. The molecule has 1 fully saturated rings. The summed E-state index contributed by atoms with van der Waals surface area (Å²) in [5.74, 6) is 0.335. The molecule has 1 aliphatic rings. The normalized spacial score (nSPS) is 16.1. The van der Waals surface area contributed by atoms with Crippen molar-refractivity contribution in [1.29, 1.82) is 0 Å². The number of hydrogen-bond donors (Lipinski definition) is 1. The zero-order valence-corrected chi connectivity index (χ0v) is 17.2. The Morgan fingerprint density at radius 3 is 2.97 bits per heavy atom. The molecule has 3 rings (SSSR count). The van der Waals surface area contributed by atoms with Crippen molar-refractivity contribution < 1.29 is 18.7 Å². The van der Waals surface area contributed by atoms with E-state index >= 15 is 0 Å². The summed E-state index contributed by atoms with van der Waals surface area (Å²) >= 11 is 0. The Bertz CT molecular complexity index is 807. The Balaban J connectivity index is 1.65. The van der Waals surface area contributed by atoms with E-state index in [0.29, 0.717) is 38.5 Å². The van der Waals surface area contributed by atoms with Gasteiger partial charge in [-0.05, 0) is 31.4 Å². The van der Waals surface area contributed by atoms with E-state index in [1.807, 2.05) is 41.6 Å². The highest BCUT2D eigenvalue weighted by Gasteiger charge is 2.23. The summed E-state index contributed by atoms with van der Waals surface area (Å²) < 4.78 is 13.2. The van der Waals surface area contributed by atoms with Crippen molar-refractivity contribution in [3.8, 4) is 0 Å². The van der Waals surface area contributed by atoms with Gasteiger partial charge in [0.25, 0.3) is 5.91 Å². The first kappa shape index (κ1) is 21.1. The molecule has 1 saturated heterocycles. The van der Waals surface area contributed by atoms with Crippen LogP contribution in [0.3, 0.4) is 0 Å². The molecular weight excluding hydrogens is 372 g/mol. The van der Waals surface area contributed by atoms with Gasteiger partial charge in [0.1, 0.15) is 6.26 Å². The van der Waals surface area contributed by atoms with E-state index in [2.05, 4.69) is 10.3 Å². The van der Waals surface area contributed by atoms with Gasteiger partial charge in [-0.2, -0.15) is 0 Å². The Kier molecular flexibility index (Phi) is 7.46. The van der Waals surface area contributed by atoms with Gasteiger partial charge in [-0.1, -0.05) is 13.8 Å². The zero-order chi connectivity index (χ0) is 20.6. The molecule has 1 atom stereocenters. The van der Waals surface area contributed by atoms with Crippen molar-refractivity contribution >= 4 is 11.8 Å². The molecule has 3 heterocycles. The quantitative estimate of drug-likeness (QED) is 0.660. The van der Waals surface area contributed by atoms with E-state index in [1.54, 1.807) is 0 Å². The number of amides is 2. The standard InChI is InChI=1S/C21H30N4O4/c1-3-9-22-21(27)18-15-29-19(23-18)14-24-10-5-7-16(24)12-25(20(26)4-2)13-17-8-6-11-28-17/h5,7,10,15,17H,3-4,6,8-9,11-14H2,1-2H3,(H,22,27).